The summed E-state index contributed by atoms with van der Waals surface area (Å²) in [5, 5.41) is 10.0. The van der Waals surface area contributed by atoms with Crippen LogP contribution in [-0.2, 0) is 0 Å². The van der Waals surface area contributed by atoms with Gasteiger partial charge < -0.3 is 4.42 Å². The van der Waals surface area contributed by atoms with E-state index in [0.29, 0.717) is 0 Å². The monoisotopic (exact) mass is 558 g/mol. The number of benzene rings is 8. The topological polar surface area (TPSA) is 13.1 Å². The van der Waals surface area contributed by atoms with Gasteiger partial charge in [-0.05, 0) is 83.9 Å². The first kappa shape index (κ1) is 23.9. The number of hydrogen-bond donors (Lipinski definition) is 0. The van der Waals surface area contributed by atoms with Crippen molar-refractivity contribution in [2.24, 2.45) is 0 Å². The summed E-state index contributed by atoms with van der Waals surface area (Å²) >= 11 is 0. The Morgan fingerprint density at radius 1 is 0.455 bits per heavy atom. The minimum absolute atomic E-state index is 0.0275. The third-order valence-electron chi connectivity index (χ3n) is 9.71. The van der Waals surface area contributed by atoms with Crippen LogP contribution in [-0.4, -0.2) is 0 Å². The van der Waals surface area contributed by atoms with Crippen LogP contribution in [0.15, 0.2) is 156 Å². The van der Waals surface area contributed by atoms with Crippen LogP contribution in [0.2, 0.25) is 0 Å². The molecule has 1 nitrogen and oxygen atoms in total. The third-order valence-corrected chi connectivity index (χ3v) is 9.71. The summed E-state index contributed by atoms with van der Waals surface area (Å²) in [6, 6.07) is 55.4. The molecule has 8 aromatic carbocycles. The molecule has 1 aromatic heterocycles. The lowest BCUT2D eigenvalue weighted by Crippen LogP contribution is -2.01. The number of hydrogen-bond acceptors (Lipinski definition) is 1. The molecule has 0 spiro atoms. The fourth-order valence-electron chi connectivity index (χ4n) is 7.89. The molecule has 1 aliphatic carbocycles. The third kappa shape index (κ3) is 3.19. The SMILES string of the molecule is c1ccc(-c2cc(C3c4ccccc4-c4c3c3oc5ccccc5c3c3ccccc43)cc3c2ccc2ccccc23)cc1. The summed E-state index contributed by atoms with van der Waals surface area (Å²) in [6.45, 7) is 0. The Morgan fingerprint density at radius 3 is 2.05 bits per heavy atom. The molecule has 0 saturated heterocycles. The number of furan rings is 1. The van der Waals surface area contributed by atoms with E-state index in [2.05, 4.69) is 152 Å². The molecule has 204 valence electrons. The van der Waals surface area contributed by atoms with Crippen molar-refractivity contribution in [2.75, 3.05) is 0 Å². The lowest BCUT2D eigenvalue weighted by Gasteiger charge is -2.19. The number of para-hydroxylation sites is 1. The zero-order chi connectivity index (χ0) is 28.8. The highest BCUT2D eigenvalue weighted by Crippen LogP contribution is 2.56. The van der Waals surface area contributed by atoms with Gasteiger partial charge in [0.05, 0.1) is 0 Å². The quantitative estimate of drug-likeness (QED) is 0.192. The van der Waals surface area contributed by atoms with Crippen LogP contribution in [0.4, 0.5) is 0 Å². The standard InChI is InChI=1S/C43H26O/c1-2-12-26(13-3-1)36-24-28(25-37-29-15-5-4-14-27(29)22-23-30(36)37)39-31-16-6-7-17-32(31)40-33-18-8-9-19-34(33)41-35-20-10-11-21-38(35)44-43(41)42(39)40/h1-25,39H. The van der Waals surface area contributed by atoms with Gasteiger partial charge in [-0.1, -0.05) is 133 Å². The van der Waals surface area contributed by atoms with Crippen molar-refractivity contribution in [3.63, 3.8) is 0 Å². The highest BCUT2D eigenvalue weighted by molar-refractivity contribution is 6.25. The van der Waals surface area contributed by atoms with Crippen LogP contribution in [0.3, 0.4) is 0 Å². The van der Waals surface area contributed by atoms with Crippen LogP contribution in [0.1, 0.15) is 22.6 Å². The zero-order valence-corrected chi connectivity index (χ0v) is 23.9. The molecule has 1 heteroatoms. The van der Waals surface area contributed by atoms with Crippen molar-refractivity contribution in [2.45, 2.75) is 5.92 Å². The summed E-state index contributed by atoms with van der Waals surface area (Å²) in [4.78, 5) is 0. The molecule has 0 fully saturated rings. The molecule has 0 radical (unpaired) electrons. The fraction of sp³-hybridized carbons (Fsp3) is 0.0233. The number of rotatable bonds is 2. The second kappa shape index (κ2) is 8.92. The van der Waals surface area contributed by atoms with E-state index in [1.807, 2.05) is 0 Å². The van der Waals surface area contributed by atoms with Gasteiger partial charge in [-0.3, -0.25) is 0 Å². The Hall–Kier alpha value is -5.66. The van der Waals surface area contributed by atoms with E-state index < -0.39 is 0 Å². The van der Waals surface area contributed by atoms with Gasteiger partial charge in [0.2, 0.25) is 0 Å². The smallest absolute Gasteiger partial charge is 0.140 e. The van der Waals surface area contributed by atoms with Crippen LogP contribution >= 0.6 is 0 Å². The molecule has 0 N–H and O–H groups in total. The van der Waals surface area contributed by atoms with E-state index in [1.54, 1.807) is 0 Å². The zero-order valence-electron chi connectivity index (χ0n) is 23.9. The van der Waals surface area contributed by atoms with Gasteiger partial charge in [-0.15, -0.1) is 0 Å². The van der Waals surface area contributed by atoms with E-state index in [1.165, 1.54) is 82.0 Å². The molecule has 1 atom stereocenters. The average Bonchev–Trinajstić information content (AvgIpc) is 3.65. The van der Waals surface area contributed by atoms with Crippen LogP contribution in [0.25, 0.3) is 76.5 Å². The van der Waals surface area contributed by atoms with Crippen LogP contribution in [0, 0.1) is 0 Å². The van der Waals surface area contributed by atoms with Gasteiger partial charge in [-0.2, -0.15) is 0 Å². The average molecular weight is 559 g/mol. The first-order valence-corrected chi connectivity index (χ1v) is 15.3. The molecule has 9 aromatic rings. The van der Waals surface area contributed by atoms with Gasteiger partial charge >= 0.3 is 0 Å². The number of fused-ring (bicyclic) bond motifs is 13. The van der Waals surface area contributed by atoms with Crippen LogP contribution < -0.4 is 0 Å². The van der Waals surface area contributed by atoms with Gasteiger partial charge in [0.25, 0.3) is 0 Å². The maximum atomic E-state index is 6.86. The summed E-state index contributed by atoms with van der Waals surface area (Å²) in [7, 11) is 0. The lowest BCUT2D eigenvalue weighted by molar-refractivity contribution is 0.663. The molecular weight excluding hydrogens is 532 g/mol. The van der Waals surface area contributed by atoms with E-state index in [0.717, 1.165) is 11.2 Å². The fourth-order valence-corrected chi connectivity index (χ4v) is 7.89. The first-order chi connectivity index (χ1) is 21.8. The molecule has 0 amide bonds. The summed E-state index contributed by atoms with van der Waals surface area (Å²) in [5.74, 6) is 0.0275. The molecule has 0 aliphatic heterocycles. The van der Waals surface area contributed by atoms with Crippen molar-refractivity contribution in [3.05, 3.63) is 168 Å². The molecule has 44 heavy (non-hydrogen) atoms. The summed E-state index contributed by atoms with van der Waals surface area (Å²) in [6.07, 6.45) is 0. The van der Waals surface area contributed by atoms with E-state index in [9.17, 15) is 0 Å². The second-order valence-electron chi connectivity index (χ2n) is 12.0. The second-order valence-corrected chi connectivity index (χ2v) is 12.0. The van der Waals surface area contributed by atoms with Crippen molar-refractivity contribution >= 4 is 54.3 Å². The van der Waals surface area contributed by atoms with Gasteiger partial charge in [0.1, 0.15) is 11.2 Å². The summed E-state index contributed by atoms with van der Waals surface area (Å²) < 4.78 is 6.86. The predicted molar refractivity (Wildman–Crippen MR) is 184 cm³/mol. The van der Waals surface area contributed by atoms with E-state index in [4.69, 9.17) is 4.42 Å². The molecule has 0 bridgehead atoms. The first-order valence-electron chi connectivity index (χ1n) is 15.3. The Bertz CT molecular complexity index is 2600. The Kier molecular flexibility index (Phi) is 4.84. The molecule has 10 rings (SSSR count). The lowest BCUT2D eigenvalue weighted by atomic mass is 9.83. The van der Waals surface area contributed by atoms with Crippen molar-refractivity contribution in [3.8, 4) is 22.3 Å². The molecule has 0 saturated carbocycles. The molecular formula is C43H26O. The normalized spacial score (nSPS) is 14.1. The van der Waals surface area contributed by atoms with Crippen molar-refractivity contribution in [1.82, 2.24) is 0 Å². The van der Waals surface area contributed by atoms with E-state index in [-0.39, 0.29) is 5.92 Å². The Balaban J connectivity index is 1.39. The minimum Gasteiger partial charge on any atom is -0.456 e. The van der Waals surface area contributed by atoms with Gasteiger partial charge in [0.15, 0.2) is 0 Å². The highest BCUT2D eigenvalue weighted by atomic mass is 16.3. The predicted octanol–water partition coefficient (Wildman–Crippen LogP) is 11.9. The van der Waals surface area contributed by atoms with Gasteiger partial charge in [-0.25, -0.2) is 0 Å². The Morgan fingerprint density at radius 2 is 1.16 bits per heavy atom. The maximum Gasteiger partial charge on any atom is 0.140 e. The molecule has 1 aliphatic rings. The largest absolute Gasteiger partial charge is 0.456 e. The van der Waals surface area contributed by atoms with E-state index >= 15 is 0 Å². The molecule has 1 unspecified atom stereocenters. The van der Waals surface area contributed by atoms with Crippen molar-refractivity contribution < 1.29 is 4.42 Å². The minimum atomic E-state index is 0.0275. The van der Waals surface area contributed by atoms with Gasteiger partial charge in [0, 0.05) is 22.3 Å². The van der Waals surface area contributed by atoms with Crippen molar-refractivity contribution in [1.29, 1.82) is 0 Å². The Labute approximate surface area is 254 Å². The van der Waals surface area contributed by atoms with Crippen LogP contribution in [0.5, 0.6) is 0 Å². The highest BCUT2D eigenvalue weighted by Gasteiger charge is 2.36. The maximum absolute atomic E-state index is 6.86. The molecule has 1 heterocycles. The summed E-state index contributed by atoms with van der Waals surface area (Å²) in [5.41, 5.74) is 10.9.